The summed E-state index contributed by atoms with van der Waals surface area (Å²) in [5, 5.41) is 5.81. The van der Waals surface area contributed by atoms with Crippen molar-refractivity contribution in [1.82, 2.24) is 15.3 Å². The maximum Gasteiger partial charge on any atom is 0.270 e. The van der Waals surface area contributed by atoms with E-state index < -0.39 is 0 Å². The summed E-state index contributed by atoms with van der Waals surface area (Å²) in [5.74, 6) is -0.228. The third kappa shape index (κ3) is 4.42. The number of aromatic nitrogens is 2. The maximum absolute atomic E-state index is 13.6. The molecule has 0 saturated heterocycles. The number of halogens is 1. The second kappa shape index (κ2) is 8.20. The lowest BCUT2D eigenvalue weighted by molar-refractivity contribution is 0.0945. The summed E-state index contributed by atoms with van der Waals surface area (Å²) in [7, 11) is 0. The van der Waals surface area contributed by atoms with Crippen molar-refractivity contribution in [2.24, 2.45) is 0 Å². The summed E-state index contributed by atoms with van der Waals surface area (Å²) in [6.07, 6.45) is 2.29. The Kier molecular flexibility index (Phi) is 5.53. The zero-order chi connectivity index (χ0) is 18.4. The Balaban J connectivity index is 1.66. The summed E-state index contributed by atoms with van der Waals surface area (Å²) in [6, 6.07) is 15.9. The molecule has 0 atom stereocenters. The number of hydrogen-bond donors (Lipinski definition) is 2. The molecule has 0 saturated carbocycles. The van der Waals surface area contributed by atoms with E-state index in [1.54, 1.807) is 24.3 Å². The predicted molar refractivity (Wildman–Crippen MR) is 98.7 cm³/mol. The van der Waals surface area contributed by atoms with Gasteiger partial charge in [-0.15, -0.1) is 0 Å². The van der Waals surface area contributed by atoms with Crippen molar-refractivity contribution in [3.63, 3.8) is 0 Å². The molecule has 0 fully saturated rings. The van der Waals surface area contributed by atoms with E-state index in [1.807, 2.05) is 24.3 Å². The van der Waals surface area contributed by atoms with Crippen LogP contribution in [0.3, 0.4) is 0 Å². The molecule has 2 aromatic carbocycles. The minimum absolute atomic E-state index is 0.0940. The Morgan fingerprint density at radius 2 is 1.85 bits per heavy atom. The van der Waals surface area contributed by atoms with Gasteiger partial charge in [0, 0.05) is 23.9 Å². The van der Waals surface area contributed by atoms with E-state index in [1.165, 1.54) is 18.0 Å². The SMILES string of the molecule is CCc1ccc(Nc2cc(C(=O)NCc3ccccc3F)ncn2)cc1. The molecule has 0 aliphatic rings. The molecule has 2 N–H and O–H groups in total. The predicted octanol–water partition coefficient (Wildman–Crippen LogP) is 3.85. The fourth-order valence-corrected chi connectivity index (χ4v) is 2.43. The molecule has 0 bridgehead atoms. The Labute approximate surface area is 151 Å². The van der Waals surface area contributed by atoms with Gasteiger partial charge in [0.25, 0.3) is 5.91 Å². The second-order valence-corrected chi connectivity index (χ2v) is 5.74. The Morgan fingerprint density at radius 1 is 1.08 bits per heavy atom. The van der Waals surface area contributed by atoms with Gasteiger partial charge in [-0.2, -0.15) is 0 Å². The number of nitrogens with one attached hydrogen (secondary N) is 2. The van der Waals surface area contributed by atoms with Crippen LogP contribution < -0.4 is 10.6 Å². The highest BCUT2D eigenvalue weighted by Crippen LogP contribution is 2.16. The summed E-state index contributed by atoms with van der Waals surface area (Å²) >= 11 is 0. The van der Waals surface area contributed by atoms with Crippen LogP contribution in [0.15, 0.2) is 60.9 Å². The standard InChI is InChI=1S/C20H19FN4O/c1-2-14-7-9-16(10-8-14)25-19-11-18(23-13-24-19)20(26)22-12-15-5-3-4-6-17(15)21/h3-11,13H,2,12H2,1H3,(H,22,26)(H,23,24,25). The molecule has 132 valence electrons. The molecule has 1 heterocycles. The van der Waals surface area contributed by atoms with Gasteiger partial charge in [-0.05, 0) is 30.2 Å². The Bertz CT molecular complexity index is 896. The molecular formula is C20H19FN4O. The number of benzene rings is 2. The lowest BCUT2D eigenvalue weighted by Crippen LogP contribution is -2.24. The number of rotatable bonds is 6. The van der Waals surface area contributed by atoms with Crippen molar-refractivity contribution in [1.29, 1.82) is 0 Å². The van der Waals surface area contributed by atoms with E-state index in [0.717, 1.165) is 12.1 Å². The largest absolute Gasteiger partial charge is 0.347 e. The van der Waals surface area contributed by atoms with Crippen LogP contribution in [-0.4, -0.2) is 15.9 Å². The van der Waals surface area contributed by atoms with Crippen LogP contribution in [0.2, 0.25) is 0 Å². The van der Waals surface area contributed by atoms with Gasteiger partial charge in [-0.3, -0.25) is 4.79 Å². The molecule has 26 heavy (non-hydrogen) atoms. The first-order valence-corrected chi connectivity index (χ1v) is 8.35. The monoisotopic (exact) mass is 350 g/mol. The third-order valence-corrected chi connectivity index (χ3v) is 3.93. The molecule has 1 aromatic heterocycles. The van der Waals surface area contributed by atoms with E-state index in [-0.39, 0.29) is 24.0 Å². The minimum Gasteiger partial charge on any atom is -0.347 e. The first-order valence-electron chi connectivity index (χ1n) is 8.35. The molecule has 3 aromatic rings. The average Bonchev–Trinajstić information content (AvgIpc) is 2.68. The number of amides is 1. The molecule has 0 spiro atoms. The van der Waals surface area contributed by atoms with Crippen molar-refractivity contribution in [2.75, 3.05) is 5.32 Å². The molecule has 5 nitrogen and oxygen atoms in total. The van der Waals surface area contributed by atoms with Crippen LogP contribution in [-0.2, 0) is 13.0 Å². The molecule has 0 unspecified atom stereocenters. The van der Waals surface area contributed by atoms with Crippen LogP contribution in [0.4, 0.5) is 15.9 Å². The maximum atomic E-state index is 13.6. The summed E-state index contributed by atoms with van der Waals surface area (Å²) in [4.78, 5) is 20.4. The molecule has 0 aliphatic carbocycles. The number of aryl methyl sites for hydroxylation is 1. The number of carbonyl (C=O) groups excluding carboxylic acids is 1. The fourth-order valence-electron chi connectivity index (χ4n) is 2.43. The first-order chi connectivity index (χ1) is 12.7. The van der Waals surface area contributed by atoms with Gasteiger partial charge in [-0.25, -0.2) is 14.4 Å². The zero-order valence-electron chi connectivity index (χ0n) is 14.4. The summed E-state index contributed by atoms with van der Waals surface area (Å²) < 4.78 is 13.6. The van der Waals surface area contributed by atoms with E-state index in [0.29, 0.717) is 11.4 Å². The highest BCUT2D eigenvalue weighted by Gasteiger charge is 2.10. The Hall–Kier alpha value is -3.28. The van der Waals surface area contributed by atoms with E-state index in [4.69, 9.17) is 0 Å². The summed E-state index contributed by atoms with van der Waals surface area (Å²) in [6.45, 7) is 2.19. The van der Waals surface area contributed by atoms with Gasteiger partial charge in [0.15, 0.2) is 0 Å². The van der Waals surface area contributed by atoms with Crippen molar-refractivity contribution in [3.05, 3.63) is 83.6 Å². The lowest BCUT2D eigenvalue weighted by Gasteiger charge is -2.08. The zero-order valence-corrected chi connectivity index (χ0v) is 14.4. The van der Waals surface area contributed by atoms with Gasteiger partial charge < -0.3 is 10.6 Å². The molecule has 0 aliphatic heterocycles. The Morgan fingerprint density at radius 3 is 2.58 bits per heavy atom. The number of hydrogen-bond acceptors (Lipinski definition) is 4. The molecule has 0 radical (unpaired) electrons. The lowest BCUT2D eigenvalue weighted by atomic mass is 10.1. The summed E-state index contributed by atoms with van der Waals surface area (Å²) in [5.41, 5.74) is 2.75. The minimum atomic E-state index is -0.389. The highest BCUT2D eigenvalue weighted by atomic mass is 19.1. The number of nitrogens with zero attached hydrogens (tertiary/aromatic N) is 2. The van der Waals surface area contributed by atoms with Gasteiger partial charge in [0.2, 0.25) is 0 Å². The average molecular weight is 350 g/mol. The smallest absolute Gasteiger partial charge is 0.270 e. The van der Waals surface area contributed by atoms with Crippen LogP contribution in [0, 0.1) is 5.82 Å². The van der Waals surface area contributed by atoms with Crippen LogP contribution in [0.25, 0.3) is 0 Å². The third-order valence-electron chi connectivity index (χ3n) is 3.93. The van der Waals surface area contributed by atoms with Crippen LogP contribution in [0.1, 0.15) is 28.5 Å². The molecular weight excluding hydrogens is 331 g/mol. The van der Waals surface area contributed by atoms with Crippen molar-refractivity contribution in [3.8, 4) is 0 Å². The van der Waals surface area contributed by atoms with Crippen molar-refractivity contribution < 1.29 is 9.18 Å². The quantitative estimate of drug-likeness (QED) is 0.709. The normalized spacial score (nSPS) is 10.4. The van der Waals surface area contributed by atoms with Gasteiger partial charge in [0.1, 0.15) is 23.7 Å². The van der Waals surface area contributed by atoms with E-state index in [2.05, 4.69) is 27.5 Å². The van der Waals surface area contributed by atoms with Gasteiger partial charge in [0.05, 0.1) is 0 Å². The van der Waals surface area contributed by atoms with Crippen LogP contribution in [0.5, 0.6) is 0 Å². The van der Waals surface area contributed by atoms with Crippen molar-refractivity contribution in [2.45, 2.75) is 19.9 Å². The molecule has 3 rings (SSSR count). The second-order valence-electron chi connectivity index (χ2n) is 5.74. The first kappa shape index (κ1) is 17.5. The van der Waals surface area contributed by atoms with Crippen LogP contribution >= 0.6 is 0 Å². The van der Waals surface area contributed by atoms with Crippen molar-refractivity contribution >= 4 is 17.4 Å². The van der Waals surface area contributed by atoms with E-state index >= 15 is 0 Å². The highest BCUT2D eigenvalue weighted by molar-refractivity contribution is 5.92. The number of anilines is 2. The van der Waals surface area contributed by atoms with Gasteiger partial charge in [-0.1, -0.05) is 37.3 Å². The molecule has 1 amide bonds. The fraction of sp³-hybridized carbons (Fsp3) is 0.150. The van der Waals surface area contributed by atoms with Gasteiger partial charge >= 0.3 is 0 Å². The topological polar surface area (TPSA) is 66.9 Å². The number of carbonyl (C=O) groups is 1. The van der Waals surface area contributed by atoms with E-state index in [9.17, 15) is 9.18 Å². The molecule has 6 heteroatoms.